The van der Waals surface area contributed by atoms with Crippen LogP contribution in [-0.2, 0) is 4.79 Å². The van der Waals surface area contributed by atoms with E-state index in [0.29, 0.717) is 5.56 Å². The van der Waals surface area contributed by atoms with Gasteiger partial charge in [0.05, 0.1) is 7.11 Å². The Morgan fingerprint density at radius 3 is 2.29 bits per heavy atom. The zero-order valence-electron chi connectivity index (χ0n) is 9.37. The molecule has 1 rings (SSSR count). The quantitative estimate of drug-likeness (QED) is 0.549. The molecule has 0 fully saturated rings. The van der Waals surface area contributed by atoms with Gasteiger partial charge in [0.15, 0.2) is 0 Å². The average molecular weight is 257 g/mol. The zero-order valence-corrected chi connectivity index (χ0v) is 10.3. The Kier molecular flexibility index (Phi) is 7.83. The molecule has 0 saturated carbocycles. The molecular formula is C11H15NO4S. The van der Waals surface area contributed by atoms with Crippen molar-refractivity contribution >= 4 is 24.9 Å². The minimum Gasteiger partial charge on any atom is -0.497 e. The van der Waals surface area contributed by atoms with Crippen LogP contribution in [-0.4, -0.2) is 36.3 Å². The molecule has 0 radical (unpaired) electrons. The molecule has 0 unspecified atom stereocenters. The molecule has 6 heteroatoms. The number of hydrogen-bond acceptors (Lipinski definition) is 5. The van der Waals surface area contributed by atoms with Gasteiger partial charge in [0.25, 0.3) is 0 Å². The normalized spacial score (nSPS) is 10.8. The monoisotopic (exact) mass is 257 g/mol. The molecule has 0 aliphatic heterocycles. The number of ether oxygens (including phenoxy) is 1. The molecule has 0 saturated heterocycles. The molecule has 5 nitrogen and oxygen atoms in total. The number of carboxylic acids is 1. The molecule has 0 amide bonds. The first-order valence-corrected chi connectivity index (χ1v) is 5.36. The maximum absolute atomic E-state index is 10.2. The van der Waals surface area contributed by atoms with Crippen molar-refractivity contribution in [3.05, 3.63) is 29.8 Å². The summed E-state index contributed by atoms with van der Waals surface area (Å²) < 4.78 is 4.90. The van der Waals surface area contributed by atoms with E-state index in [0.717, 1.165) is 12.0 Å². The highest BCUT2D eigenvalue weighted by molar-refractivity contribution is 7.80. The number of carbonyl (C=O) groups excluding carboxylic acids is 1. The number of carboxylic acid groups (broad SMARTS) is 1. The second kappa shape index (κ2) is 8.60. The summed E-state index contributed by atoms with van der Waals surface area (Å²) in [5, 5.41) is 8.01. The van der Waals surface area contributed by atoms with Gasteiger partial charge in [-0.1, -0.05) is 0 Å². The van der Waals surface area contributed by atoms with Gasteiger partial charge in [0, 0.05) is 11.3 Å². The lowest BCUT2D eigenvalue weighted by Crippen LogP contribution is -2.31. The molecule has 1 aromatic carbocycles. The summed E-state index contributed by atoms with van der Waals surface area (Å²) in [4.78, 5) is 19.9. The highest BCUT2D eigenvalue weighted by Crippen LogP contribution is 2.09. The van der Waals surface area contributed by atoms with Crippen molar-refractivity contribution in [3.63, 3.8) is 0 Å². The van der Waals surface area contributed by atoms with Gasteiger partial charge in [0.2, 0.25) is 0 Å². The van der Waals surface area contributed by atoms with E-state index in [-0.39, 0.29) is 5.75 Å². The Balaban J connectivity index is 0.000000325. The first kappa shape index (κ1) is 15.5. The van der Waals surface area contributed by atoms with Crippen LogP contribution < -0.4 is 10.5 Å². The van der Waals surface area contributed by atoms with Crippen molar-refractivity contribution < 1.29 is 19.4 Å². The summed E-state index contributed by atoms with van der Waals surface area (Å²) in [5.74, 6) is -0.0457. The molecule has 1 aromatic rings. The van der Waals surface area contributed by atoms with Crippen molar-refractivity contribution in [2.45, 2.75) is 6.04 Å². The van der Waals surface area contributed by atoms with Crippen LogP contribution >= 0.6 is 12.6 Å². The molecule has 1 atom stereocenters. The van der Waals surface area contributed by atoms with Crippen LogP contribution in [0.5, 0.6) is 5.75 Å². The van der Waals surface area contributed by atoms with Crippen LogP contribution in [0.2, 0.25) is 0 Å². The van der Waals surface area contributed by atoms with Crippen molar-refractivity contribution in [1.29, 1.82) is 0 Å². The third-order valence-corrected chi connectivity index (χ3v) is 2.16. The maximum atomic E-state index is 10.2. The molecule has 17 heavy (non-hydrogen) atoms. The van der Waals surface area contributed by atoms with Gasteiger partial charge in [-0.3, -0.25) is 9.59 Å². The van der Waals surface area contributed by atoms with Gasteiger partial charge in [-0.05, 0) is 24.3 Å². The van der Waals surface area contributed by atoms with E-state index in [4.69, 9.17) is 15.6 Å². The average Bonchev–Trinajstić information content (AvgIpc) is 2.38. The van der Waals surface area contributed by atoms with Crippen LogP contribution in [0.15, 0.2) is 24.3 Å². The minimum atomic E-state index is -1.00. The highest BCUT2D eigenvalue weighted by atomic mass is 32.1. The smallest absolute Gasteiger partial charge is 0.321 e. The van der Waals surface area contributed by atoms with Gasteiger partial charge in [-0.15, -0.1) is 0 Å². The highest BCUT2D eigenvalue weighted by Gasteiger charge is 2.06. The maximum Gasteiger partial charge on any atom is 0.321 e. The van der Waals surface area contributed by atoms with Gasteiger partial charge in [0.1, 0.15) is 18.1 Å². The molecule has 0 aliphatic rings. The lowest BCUT2D eigenvalue weighted by molar-refractivity contribution is -0.137. The summed E-state index contributed by atoms with van der Waals surface area (Å²) in [6.07, 6.45) is 0.805. The van der Waals surface area contributed by atoms with E-state index < -0.39 is 12.0 Å². The van der Waals surface area contributed by atoms with Crippen LogP contribution in [0.3, 0.4) is 0 Å². The lowest BCUT2D eigenvalue weighted by atomic mass is 10.2. The fraction of sp³-hybridized carbons (Fsp3) is 0.273. The number of methoxy groups -OCH3 is 1. The molecule has 0 heterocycles. The van der Waals surface area contributed by atoms with Crippen molar-refractivity contribution in [2.75, 3.05) is 12.9 Å². The van der Waals surface area contributed by atoms with Crippen molar-refractivity contribution in [2.24, 2.45) is 5.73 Å². The summed E-state index contributed by atoms with van der Waals surface area (Å²) in [5.41, 5.74) is 5.61. The number of aldehydes is 1. The fourth-order valence-corrected chi connectivity index (χ4v) is 0.917. The summed E-state index contributed by atoms with van der Waals surface area (Å²) in [6, 6.07) is 6.12. The van der Waals surface area contributed by atoms with Crippen LogP contribution in [0.4, 0.5) is 0 Å². The first-order chi connectivity index (χ1) is 8.04. The third kappa shape index (κ3) is 6.60. The van der Waals surface area contributed by atoms with E-state index in [1.807, 2.05) is 0 Å². The van der Waals surface area contributed by atoms with Crippen molar-refractivity contribution in [3.8, 4) is 5.75 Å². The van der Waals surface area contributed by atoms with Crippen LogP contribution in [0.1, 0.15) is 10.4 Å². The van der Waals surface area contributed by atoms with E-state index in [1.165, 1.54) is 0 Å². The predicted octanol–water partition coefficient (Wildman–Crippen LogP) is 0.836. The van der Waals surface area contributed by atoms with Crippen LogP contribution in [0.25, 0.3) is 0 Å². The SMILES string of the molecule is COc1ccc(C=O)cc1.N[C@@H](CS)C(=O)O. The standard InChI is InChI=1S/C8H8O2.C3H7NO2S/c1-10-8-4-2-7(6-9)3-5-8;4-2(1-7)3(5)6/h2-6H,1H3;2,7H,1,4H2,(H,5,6)/t;2-/m.0/s1. The Morgan fingerprint density at radius 2 is 2.06 bits per heavy atom. The molecule has 0 spiro atoms. The van der Waals surface area contributed by atoms with Crippen molar-refractivity contribution in [1.82, 2.24) is 0 Å². The van der Waals surface area contributed by atoms with E-state index in [9.17, 15) is 9.59 Å². The number of hydrogen-bond donors (Lipinski definition) is 3. The summed E-state index contributed by atoms with van der Waals surface area (Å²) in [7, 11) is 1.59. The molecule has 94 valence electrons. The topological polar surface area (TPSA) is 89.6 Å². The van der Waals surface area contributed by atoms with E-state index >= 15 is 0 Å². The Morgan fingerprint density at radius 1 is 1.53 bits per heavy atom. The number of carbonyl (C=O) groups is 2. The van der Waals surface area contributed by atoms with Crippen LogP contribution in [0, 0.1) is 0 Å². The number of thiol groups is 1. The Labute approximate surface area is 105 Å². The molecule has 0 aliphatic carbocycles. The van der Waals surface area contributed by atoms with E-state index in [1.54, 1.807) is 31.4 Å². The largest absolute Gasteiger partial charge is 0.497 e. The number of nitrogens with two attached hydrogens (primary N) is 1. The lowest BCUT2D eigenvalue weighted by Gasteiger charge is -1.96. The Bertz CT molecular complexity index is 353. The summed E-state index contributed by atoms with van der Waals surface area (Å²) >= 11 is 3.65. The minimum absolute atomic E-state index is 0.190. The molecule has 3 N–H and O–H groups in total. The number of aliphatic carboxylic acids is 1. The molecular weight excluding hydrogens is 242 g/mol. The second-order valence-electron chi connectivity index (χ2n) is 3.02. The number of rotatable bonds is 4. The zero-order chi connectivity index (χ0) is 13.3. The van der Waals surface area contributed by atoms with Gasteiger partial charge < -0.3 is 15.6 Å². The van der Waals surface area contributed by atoms with Gasteiger partial charge >= 0.3 is 5.97 Å². The van der Waals surface area contributed by atoms with Gasteiger partial charge in [-0.2, -0.15) is 12.6 Å². The predicted molar refractivity (Wildman–Crippen MR) is 67.8 cm³/mol. The van der Waals surface area contributed by atoms with E-state index in [2.05, 4.69) is 12.6 Å². The summed E-state index contributed by atoms with van der Waals surface area (Å²) in [6.45, 7) is 0. The number of benzene rings is 1. The Hall–Kier alpha value is -1.53. The van der Waals surface area contributed by atoms with Gasteiger partial charge in [-0.25, -0.2) is 0 Å². The third-order valence-electron chi connectivity index (χ3n) is 1.77. The second-order valence-corrected chi connectivity index (χ2v) is 3.38. The molecule has 0 bridgehead atoms. The fourth-order valence-electron chi connectivity index (χ4n) is 0.761. The first-order valence-electron chi connectivity index (χ1n) is 4.73. The molecule has 0 aromatic heterocycles.